The van der Waals surface area contributed by atoms with Crippen LogP contribution in [0.1, 0.15) is 5.56 Å². The van der Waals surface area contributed by atoms with Gasteiger partial charge in [-0.2, -0.15) is 13.2 Å². The van der Waals surface area contributed by atoms with E-state index in [9.17, 15) is 13.2 Å². The molecule has 1 heterocycles. The molecule has 0 saturated heterocycles. The van der Waals surface area contributed by atoms with E-state index in [2.05, 4.69) is 9.97 Å². The maximum Gasteiger partial charge on any atom is 0.417 e. The van der Waals surface area contributed by atoms with Crippen LogP contribution >= 0.6 is 0 Å². The summed E-state index contributed by atoms with van der Waals surface area (Å²) in [6.07, 6.45) is -1.80. The molecule has 4 nitrogen and oxygen atoms in total. The van der Waals surface area contributed by atoms with E-state index in [-0.39, 0.29) is 11.4 Å². The summed E-state index contributed by atoms with van der Waals surface area (Å²) in [5.74, 6) is 0.363. The normalized spacial score (nSPS) is 11.4. The van der Waals surface area contributed by atoms with Gasteiger partial charge < -0.3 is 10.5 Å². The topological polar surface area (TPSA) is 61.0 Å². The molecule has 2 aromatic rings. The van der Waals surface area contributed by atoms with Gasteiger partial charge in [-0.15, -0.1) is 0 Å². The van der Waals surface area contributed by atoms with E-state index < -0.39 is 11.7 Å². The smallest absolute Gasteiger partial charge is 0.417 e. The SMILES string of the molecule is NCCOc1cnc(-c2ccccc2C(F)(F)F)nc1. The van der Waals surface area contributed by atoms with Gasteiger partial charge >= 0.3 is 6.18 Å². The lowest BCUT2D eigenvalue weighted by Gasteiger charge is -2.11. The van der Waals surface area contributed by atoms with Crippen LogP contribution in [0.3, 0.4) is 0 Å². The molecule has 2 N–H and O–H groups in total. The molecule has 0 amide bonds. The van der Waals surface area contributed by atoms with E-state index in [0.717, 1.165) is 6.07 Å². The van der Waals surface area contributed by atoms with Gasteiger partial charge in [0.25, 0.3) is 0 Å². The Bertz CT molecular complexity index is 570. The van der Waals surface area contributed by atoms with Crippen molar-refractivity contribution in [3.63, 3.8) is 0 Å². The summed E-state index contributed by atoms with van der Waals surface area (Å²) in [7, 11) is 0. The zero-order valence-corrected chi connectivity index (χ0v) is 10.4. The predicted molar refractivity (Wildman–Crippen MR) is 67.0 cm³/mol. The fraction of sp³-hybridized carbons (Fsp3) is 0.231. The van der Waals surface area contributed by atoms with E-state index in [1.54, 1.807) is 0 Å². The summed E-state index contributed by atoms with van der Waals surface area (Å²) >= 11 is 0. The first-order valence-electron chi connectivity index (χ1n) is 5.84. The summed E-state index contributed by atoms with van der Waals surface area (Å²) in [6, 6.07) is 5.16. The molecule has 0 unspecified atom stereocenters. The number of hydrogen-bond donors (Lipinski definition) is 1. The first kappa shape index (κ1) is 14.3. The number of benzene rings is 1. The molecule has 20 heavy (non-hydrogen) atoms. The highest BCUT2D eigenvalue weighted by atomic mass is 19.4. The van der Waals surface area contributed by atoms with Crippen molar-refractivity contribution in [2.24, 2.45) is 5.73 Å². The van der Waals surface area contributed by atoms with Gasteiger partial charge in [-0.3, -0.25) is 0 Å². The minimum atomic E-state index is -4.45. The summed E-state index contributed by atoms with van der Waals surface area (Å²) in [5, 5.41) is 0. The van der Waals surface area contributed by atoms with E-state index >= 15 is 0 Å². The molecule has 0 atom stereocenters. The quantitative estimate of drug-likeness (QED) is 0.936. The molecule has 0 radical (unpaired) electrons. The molecule has 0 spiro atoms. The maximum atomic E-state index is 12.9. The average Bonchev–Trinajstić information content (AvgIpc) is 2.45. The molecular weight excluding hydrogens is 271 g/mol. The van der Waals surface area contributed by atoms with Crippen LogP contribution < -0.4 is 10.5 Å². The zero-order valence-electron chi connectivity index (χ0n) is 10.4. The third kappa shape index (κ3) is 3.24. The molecule has 106 valence electrons. The number of nitrogens with zero attached hydrogens (tertiary/aromatic N) is 2. The van der Waals surface area contributed by atoms with Crippen molar-refractivity contribution in [2.75, 3.05) is 13.2 Å². The number of halogens is 3. The zero-order chi connectivity index (χ0) is 14.6. The molecule has 0 aliphatic heterocycles. The first-order valence-corrected chi connectivity index (χ1v) is 5.84. The first-order chi connectivity index (χ1) is 9.52. The maximum absolute atomic E-state index is 12.9. The molecule has 0 bridgehead atoms. The second kappa shape index (κ2) is 5.87. The highest BCUT2D eigenvalue weighted by Crippen LogP contribution is 2.35. The second-order valence-electron chi connectivity index (χ2n) is 3.92. The van der Waals surface area contributed by atoms with Crippen LogP contribution in [0.4, 0.5) is 13.2 Å². The Hall–Kier alpha value is -2.15. The molecule has 1 aromatic heterocycles. The van der Waals surface area contributed by atoms with Gasteiger partial charge in [-0.05, 0) is 6.07 Å². The highest BCUT2D eigenvalue weighted by Gasteiger charge is 2.33. The van der Waals surface area contributed by atoms with Gasteiger partial charge in [-0.1, -0.05) is 18.2 Å². The molecule has 1 aromatic carbocycles. The minimum Gasteiger partial charge on any atom is -0.489 e. The molecule has 0 fully saturated rings. The van der Waals surface area contributed by atoms with Gasteiger partial charge in [0.05, 0.1) is 18.0 Å². The Kier molecular flexibility index (Phi) is 4.19. The molecular formula is C13H12F3N3O. The lowest BCUT2D eigenvalue weighted by molar-refractivity contribution is -0.137. The van der Waals surface area contributed by atoms with Crippen molar-refractivity contribution in [2.45, 2.75) is 6.18 Å². The third-order valence-corrected chi connectivity index (χ3v) is 2.49. The largest absolute Gasteiger partial charge is 0.489 e. The van der Waals surface area contributed by atoms with Crippen LogP contribution in [0.5, 0.6) is 5.75 Å². The fourth-order valence-electron chi connectivity index (χ4n) is 1.63. The lowest BCUT2D eigenvalue weighted by atomic mass is 10.1. The van der Waals surface area contributed by atoms with Crippen molar-refractivity contribution >= 4 is 0 Å². The van der Waals surface area contributed by atoms with E-state index in [0.29, 0.717) is 18.9 Å². The molecule has 0 aliphatic carbocycles. The van der Waals surface area contributed by atoms with E-state index in [4.69, 9.17) is 10.5 Å². The Morgan fingerprint density at radius 2 is 1.75 bits per heavy atom. The van der Waals surface area contributed by atoms with Crippen LogP contribution in [0.2, 0.25) is 0 Å². The number of nitrogens with two attached hydrogens (primary N) is 1. The van der Waals surface area contributed by atoms with Crippen LogP contribution in [0, 0.1) is 0 Å². The number of rotatable bonds is 4. The van der Waals surface area contributed by atoms with Crippen LogP contribution in [0.15, 0.2) is 36.7 Å². The van der Waals surface area contributed by atoms with E-state index in [1.807, 2.05) is 0 Å². The monoisotopic (exact) mass is 283 g/mol. The minimum absolute atomic E-state index is 0.00183. The molecule has 0 saturated carbocycles. The van der Waals surface area contributed by atoms with Crippen molar-refractivity contribution in [3.05, 3.63) is 42.2 Å². The summed E-state index contributed by atoms with van der Waals surface area (Å²) < 4.78 is 43.8. The Morgan fingerprint density at radius 3 is 2.35 bits per heavy atom. The van der Waals surface area contributed by atoms with Gasteiger partial charge in [0.15, 0.2) is 11.6 Å². The van der Waals surface area contributed by atoms with Crippen LogP contribution in [0.25, 0.3) is 11.4 Å². The van der Waals surface area contributed by atoms with Crippen molar-refractivity contribution < 1.29 is 17.9 Å². The standard InChI is InChI=1S/C13H12F3N3O/c14-13(15,16)11-4-2-1-3-10(11)12-18-7-9(8-19-12)20-6-5-17/h1-4,7-8H,5-6,17H2. The number of aromatic nitrogens is 2. The van der Waals surface area contributed by atoms with Crippen molar-refractivity contribution in [1.29, 1.82) is 0 Å². The average molecular weight is 283 g/mol. The highest BCUT2D eigenvalue weighted by molar-refractivity contribution is 5.61. The summed E-state index contributed by atoms with van der Waals surface area (Å²) in [5.41, 5.74) is 4.44. The lowest BCUT2D eigenvalue weighted by Crippen LogP contribution is -2.11. The molecule has 7 heteroatoms. The number of alkyl halides is 3. The van der Waals surface area contributed by atoms with Crippen LogP contribution in [-0.4, -0.2) is 23.1 Å². The van der Waals surface area contributed by atoms with E-state index in [1.165, 1.54) is 30.6 Å². The number of hydrogen-bond acceptors (Lipinski definition) is 4. The molecule has 0 aliphatic rings. The second-order valence-corrected chi connectivity index (χ2v) is 3.92. The fourth-order valence-corrected chi connectivity index (χ4v) is 1.63. The van der Waals surface area contributed by atoms with Gasteiger partial charge in [0.1, 0.15) is 6.61 Å². The van der Waals surface area contributed by atoms with Gasteiger partial charge in [0, 0.05) is 12.1 Å². The Labute approximate surface area is 113 Å². The number of ether oxygens (including phenoxy) is 1. The van der Waals surface area contributed by atoms with Gasteiger partial charge in [0.2, 0.25) is 0 Å². The Morgan fingerprint density at radius 1 is 1.10 bits per heavy atom. The van der Waals surface area contributed by atoms with Gasteiger partial charge in [-0.25, -0.2) is 9.97 Å². The predicted octanol–water partition coefficient (Wildman–Crippen LogP) is 2.50. The van der Waals surface area contributed by atoms with Crippen molar-refractivity contribution in [3.8, 4) is 17.1 Å². The summed E-state index contributed by atoms with van der Waals surface area (Å²) in [6.45, 7) is 0.625. The molecule has 2 rings (SSSR count). The van der Waals surface area contributed by atoms with Crippen LogP contribution in [-0.2, 0) is 6.18 Å². The third-order valence-electron chi connectivity index (χ3n) is 2.49. The summed E-state index contributed by atoms with van der Waals surface area (Å²) in [4.78, 5) is 7.80. The Balaban J connectivity index is 2.33. The van der Waals surface area contributed by atoms with Crippen molar-refractivity contribution in [1.82, 2.24) is 9.97 Å².